The topological polar surface area (TPSA) is 85.9 Å². The highest BCUT2D eigenvalue weighted by atomic mass is 16.6. The van der Waals surface area contributed by atoms with E-state index in [1.807, 2.05) is 6.92 Å². The molecule has 7 nitrogen and oxygen atoms in total. The summed E-state index contributed by atoms with van der Waals surface area (Å²) in [4.78, 5) is 23.9. The molecule has 0 saturated heterocycles. The molecule has 0 radical (unpaired) electrons. The monoisotopic (exact) mass is 344 g/mol. The number of nitrogens with zero attached hydrogens (tertiary/aromatic N) is 1. The molecule has 25 heavy (non-hydrogen) atoms. The van der Waals surface area contributed by atoms with Crippen molar-refractivity contribution >= 4 is 17.3 Å². The Kier molecular flexibility index (Phi) is 6.47. The standard InChI is InChI=1S/C18H21N3O4/c1-3-20(12-14-6-4-5-7-17(14)21(23)24)13-18(22)19-15-8-10-16(25-2)11-9-15/h4-11H,3,12-13H2,1-2H3,(H,19,22)/p+1. The molecule has 2 aromatic carbocycles. The summed E-state index contributed by atoms with van der Waals surface area (Å²) in [6.45, 7) is 3.28. The maximum Gasteiger partial charge on any atom is 0.279 e. The average Bonchev–Trinajstić information content (AvgIpc) is 2.62. The number of amides is 1. The van der Waals surface area contributed by atoms with Crippen LogP contribution in [-0.4, -0.2) is 31.0 Å². The van der Waals surface area contributed by atoms with Gasteiger partial charge in [0.15, 0.2) is 6.54 Å². The Morgan fingerprint density at radius 3 is 2.48 bits per heavy atom. The summed E-state index contributed by atoms with van der Waals surface area (Å²) in [7, 11) is 1.58. The predicted molar refractivity (Wildman–Crippen MR) is 94.8 cm³/mol. The molecule has 2 N–H and O–H groups in total. The van der Waals surface area contributed by atoms with E-state index in [9.17, 15) is 14.9 Å². The van der Waals surface area contributed by atoms with E-state index in [1.165, 1.54) is 6.07 Å². The van der Waals surface area contributed by atoms with E-state index in [2.05, 4.69) is 5.32 Å². The van der Waals surface area contributed by atoms with E-state index in [4.69, 9.17) is 4.74 Å². The third-order valence-electron chi connectivity index (χ3n) is 3.91. The molecule has 0 bridgehead atoms. The summed E-state index contributed by atoms with van der Waals surface area (Å²) in [5.41, 5.74) is 1.40. The van der Waals surface area contributed by atoms with Crippen molar-refractivity contribution in [1.82, 2.24) is 0 Å². The first kappa shape index (κ1) is 18.4. The first-order valence-corrected chi connectivity index (χ1v) is 8.03. The van der Waals surface area contributed by atoms with Gasteiger partial charge in [-0.3, -0.25) is 14.9 Å². The number of para-hydroxylation sites is 1. The number of benzene rings is 2. The third kappa shape index (κ3) is 5.29. The van der Waals surface area contributed by atoms with Crippen molar-refractivity contribution in [3.05, 3.63) is 64.2 Å². The average molecular weight is 344 g/mol. The summed E-state index contributed by atoms with van der Waals surface area (Å²) >= 11 is 0. The van der Waals surface area contributed by atoms with Gasteiger partial charge in [0.25, 0.3) is 11.6 Å². The molecule has 2 rings (SSSR count). The minimum atomic E-state index is -0.389. The van der Waals surface area contributed by atoms with Crippen LogP contribution in [0.15, 0.2) is 48.5 Å². The van der Waals surface area contributed by atoms with Gasteiger partial charge in [-0.05, 0) is 37.3 Å². The number of hydrogen-bond acceptors (Lipinski definition) is 4. The van der Waals surface area contributed by atoms with Gasteiger partial charge in [0.2, 0.25) is 0 Å². The molecule has 132 valence electrons. The van der Waals surface area contributed by atoms with E-state index < -0.39 is 0 Å². The summed E-state index contributed by atoms with van der Waals surface area (Å²) in [6, 6.07) is 13.7. The number of methoxy groups -OCH3 is 1. The second-order valence-corrected chi connectivity index (χ2v) is 5.62. The van der Waals surface area contributed by atoms with Gasteiger partial charge >= 0.3 is 0 Å². The van der Waals surface area contributed by atoms with Crippen molar-refractivity contribution < 1.29 is 19.4 Å². The number of hydrogen-bond donors (Lipinski definition) is 2. The first-order valence-electron chi connectivity index (χ1n) is 8.03. The fourth-order valence-electron chi connectivity index (χ4n) is 2.53. The lowest BCUT2D eigenvalue weighted by atomic mass is 10.1. The summed E-state index contributed by atoms with van der Waals surface area (Å²) in [5.74, 6) is 0.579. The molecule has 0 aliphatic rings. The smallest absolute Gasteiger partial charge is 0.279 e. The maximum absolute atomic E-state index is 12.2. The van der Waals surface area contributed by atoms with Crippen molar-refractivity contribution in [3.63, 3.8) is 0 Å². The molecular formula is C18H22N3O4+. The second-order valence-electron chi connectivity index (χ2n) is 5.62. The minimum absolute atomic E-state index is 0.0870. The molecule has 0 heterocycles. The molecular weight excluding hydrogens is 322 g/mol. The van der Waals surface area contributed by atoms with E-state index in [-0.39, 0.29) is 23.1 Å². The Morgan fingerprint density at radius 1 is 1.20 bits per heavy atom. The Bertz CT molecular complexity index is 731. The van der Waals surface area contributed by atoms with Crippen molar-refractivity contribution in [2.24, 2.45) is 0 Å². The molecule has 1 unspecified atom stereocenters. The van der Waals surface area contributed by atoms with Crippen molar-refractivity contribution in [2.45, 2.75) is 13.5 Å². The number of quaternary nitrogens is 1. The molecule has 0 aliphatic heterocycles. The molecule has 0 aromatic heterocycles. The Hall–Kier alpha value is -2.93. The molecule has 1 atom stereocenters. The maximum atomic E-state index is 12.2. The van der Waals surface area contributed by atoms with Crippen LogP contribution in [0.4, 0.5) is 11.4 Å². The summed E-state index contributed by atoms with van der Waals surface area (Å²) in [6.07, 6.45) is 0. The van der Waals surface area contributed by atoms with Crippen molar-refractivity contribution in [2.75, 3.05) is 25.5 Å². The molecule has 0 saturated carbocycles. The lowest BCUT2D eigenvalue weighted by molar-refractivity contribution is -0.904. The third-order valence-corrected chi connectivity index (χ3v) is 3.91. The summed E-state index contributed by atoms with van der Waals surface area (Å²) in [5, 5.41) is 13.9. The number of anilines is 1. The highest BCUT2D eigenvalue weighted by Crippen LogP contribution is 2.16. The first-order chi connectivity index (χ1) is 12.0. The van der Waals surface area contributed by atoms with Crippen LogP contribution in [0.25, 0.3) is 0 Å². The fraction of sp³-hybridized carbons (Fsp3) is 0.278. The molecule has 2 aromatic rings. The van der Waals surface area contributed by atoms with Gasteiger partial charge < -0.3 is 15.0 Å². The summed E-state index contributed by atoms with van der Waals surface area (Å²) < 4.78 is 5.08. The number of nitro benzene ring substituents is 1. The van der Waals surface area contributed by atoms with Crippen molar-refractivity contribution in [3.8, 4) is 5.75 Å². The highest BCUT2D eigenvalue weighted by molar-refractivity contribution is 5.91. The largest absolute Gasteiger partial charge is 0.497 e. The van der Waals surface area contributed by atoms with Crippen LogP contribution in [0.3, 0.4) is 0 Å². The molecule has 1 amide bonds. The van der Waals surface area contributed by atoms with E-state index in [0.717, 1.165) is 10.6 Å². The number of nitrogens with one attached hydrogen (secondary N) is 2. The van der Waals surface area contributed by atoms with E-state index >= 15 is 0 Å². The lowest BCUT2D eigenvalue weighted by Crippen LogP contribution is -3.11. The van der Waals surface area contributed by atoms with Crippen LogP contribution in [0.1, 0.15) is 12.5 Å². The number of likely N-dealkylation sites (N-methyl/N-ethyl adjacent to an activating group) is 1. The van der Waals surface area contributed by atoms with Gasteiger partial charge in [-0.25, -0.2) is 0 Å². The molecule has 0 fully saturated rings. The Morgan fingerprint density at radius 2 is 1.88 bits per heavy atom. The number of carbonyl (C=O) groups is 1. The Balaban J connectivity index is 1.99. The number of ether oxygens (including phenoxy) is 1. The number of nitro groups is 1. The van der Waals surface area contributed by atoms with E-state index in [0.29, 0.717) is 24.3 Å². The van der Waals surface area contributed by atoms with Gasteiger partial charge in [0.1, 0.15) is 12.3 Å². The van der Waals surface area contributed by atoms with E-state index in [1.54, 1.807) is 49.6 Å². The lowest BCUT2D eigenvalue weighted by Gasteiger charge is -2.17. The number of rotatable bonds is 8. The predicted octanol–water partition coefficient (Wildman–Crippen LogP) is 1.65. The van der Waals surface area contributed by atoms with Crippen LogP contribution in [-0.2, 0) is 11.3 Å². The van der Waals surface area contributed by atoms with Gasteiger partial charge in [-0.15, -0.1) is 0 Å². The SMILES string of the molecule is CC[NH+](CC(=O)Nc1ccc(OC)cc1)Cc1ccccc1[N+](=O)[O-]. The van der Waals surface area contributed by atoms with Crippen LogP contribution >= 0.6 is 0 Å². The molecule has 0 spiro atoms. The molecule has 0 aliphatic carbocycles. The van der Waals surface area contributed by atoms with Gasteiger partial charge in [0.05, 0.1) is 24.1 Å². The van der Waals surface area contributed by atoms with Crippen LogP contribution in [0.5, 0.6) is 5.75 Å². The van der Waals surface area contributed by atoms with Gasteiger partial charge in [0, 0.05) is 11.8 Å². The minimum Gasteiger partial charge on any atom is -0.497 e. The fourth-order valence-corrected chi connectivity index (χ4v) is 2.53. The Labute approximate surface area is 146 Å². The number of carbonyl (C=O) groups excluding carboxylic acids is 1. The zero-order chi connectivity index (χ0) is 18.2. The quantitative estimate of drug-likeness (QED) is 0.563. The van der Waals surface area contributed by atoms with Gasteiger partial charge in [-0.1, -0.05) is 12.1 Å². The highest BCUT2D eigenvalue weighted by Gasteiger charge is 2.19. The zero-order valence-electron chi connectivity index (χ0n) is 14.3. The van der Waals surface area contributed by atoms with Gasteiger partial charge in [-0.2, -0.15) is 0 Å². The van der Waals surface area contributed by atoms with Crippen molar-refractivity contribution in [1.29, 1.82) is 0 Å². The second kappa shape index (κ2) is 8.79. The van der Waals surface area contributed by atoms with Crippen LogP contribution in [0.2, 0.25) is 0 Å². The zero-order valence-corrected chi connectivity index (χ0v) is 14.3. The molecule has 7 heteroatoms. The van der Waals surface area contributed by atoms with Crippen LogP contribution < -0.4 is 15.0 Å². The van der Waals surface area contributed by atoms with Crippen LogP contribution in [0, 0.1) is 10.1 Å². The normalized spacial score (nSPS) is 11.6.